The van der Waals surface area contributed by atoms with E-state index in [4.69, 9.17) is 25.5 Å². The number of rotatable bonds is 32. The molecule has 0 saturated heterocycles. The van der Waals surface area contributed by atoms with Crippen LogP contribution in [0.1, 0.15) is 202 Å². The Labute approximate surface area is 507 Å². The number of ether oxygens (including phenoxy) is 2. The van der Waals surface area contributed by atoms with Gasteiger partial charge in [0, 0.05) is 50.4 Å². The van der Waals surface area contributed by atoms with Crippen molar-refractivity contribution in [3.63, 3.8) is 0 Å². The summed E-state index contributed by atoms with van der Waals surface area (Å²) in [5.74, 6) is -0.719. The Balaban J connectivity index is 0.00000114. The third kappa shape index (κ3) is 36.7. The molecule has 2 saturated carbocycles. The van der Waals surface area contributed by atoms with Gasteiger partial charge >= 0.3 is 35.9 Å². The summed E-state index contributed by atoms with van der Waals surface area (Å²) in [6.45, 7) is 9.37. The van der Waals surface area contributed by atoms with Crippen molar-refractivity contribution in [2.75, 3.05) is 72.3 Å². The Bertz CT molecular complexity index is 2090. The number of amides is 4. The van der Waals surface area contributed by atoms with Gasteiger partial charge in [-0.3, -0.25) is 0 Å². The molecular weight excluding hydrogens is 1120 g/mol. The number of aliphatic imine (C=N–C) groups is 3. The Morgan fingerprint density at radius 1 is 0.535 bits per heavy atom. The van der Waals surface area contributed by atoms with Crippen LogP contribution in [0.5, 0.6) is 0 Å². The van der Waals surface area contributed by atoms with Gasteiger partial charge in [0.15, 0.2) is 0 Å². The summed E-state index contributed by atoms with van der Waals surface area (Å²) in [7, 11) is 0. The predicted octanol–water partition coefficient (Wildman–Crippen LogP) is 7.03. The van der Waals surface area contributed by atoms with Gasteiger partial charge in [0.25, 0.3) is 0 Å². The second-order valence-corrected chi connectivity index (χ2v) is 22.1. The Morgan fingerprint density at radius 2 is 0.884 bits per heavy atom. The minimum absolute atomic E-state index is 0.0461. The standard InChI is InChI=1S/C23H38N6O5.C15H28O2.C8H4O3.C6H14O3.C6H14O2.C4H2O3/c30-19-24-13-7-1-3-10-16-27-22(33)29(18-12-6-5-9-15-26-21-32)23(34)28-17-11-4-2-8-14-25-20-31;1-15(2,11-3-7-13(16)8-4-11)12-5-9-14(17)10-6-12;9-7-5-3-1-2-4-6(5)8(10)11-7;1-2-6(3-7,4-8)5-9;7-5-3-1-2-4-6-8;5-3-1-2-4(6)7-3/h1-18H2,(H,27,33)(H,28,34);11-14,16-17H,3-10H2,1-2H3;1-4H;7-9H,2-5H2,1H3;7-8H,1-6H2;1-2H. The Hall–Kier alpha value is -6.16. The topological polar surface area (TPSA) is 378 Å². The van der Waals surface area contributed by atoms with E-state index in [1.165, 1.54) is 48.8 Å². The summed E-state index contributed by atoms with van der Waals surface area (Å²) in [6, 6.07) is 5.70. The molecule has 0 bridgehead atoms. The van der Waals surface area contributed by atoms with Crippen molar-refractivity contribution in [2.24, 2.45) is 37.6 Å². The minimum Gasteiger partial charge on any atom is -0.396 e. The number of unbranched alkanes of at least 4 members (excludes halogenated alkanes) is 12. The van der Waals surface area contributed by atoms with Crippen molar-refractivity contribution >= 4 is 54.2 Å². The summed E-state index contributed by atoms with van der Waals surface area (Å²) in [5.41, 5.74) is 0.440. The predicted molar refractivity (Wildman–Crippen MR) is 321 cm³/mol. The van der Waals surface area contributed by atoms with E-state index in [0.717, 1.165) is 146 Å². The van der Waals surface area contributed by atoms with E-state index in [-0.39, 0.29) is 45.2 Å². The highest BCUT2D eigenvalue weighted by molar-refractivity contribution is 6.14. The molecule has 86 heavy (non-hydrogen) atoms. The molecule has 0 radical (unpaired) electrons. The summed E-state index contributed by atoms with van der Waals surface area (Å²) >= 11 is 0. The van der Waals surface area contributed by atoms with Crippen LogP contribution in [0.3, 0.4) is 0 Å². The molecule has 2 heterocycles. The average molecular weight is 1220 g/mol. The van der Waals surface area contributed by atoms with Crippen LogP contribution in [0, 0.1) is 22.7 Å². The maximum Gasteiger partial charge on any atom is 0.346 e. The van der Waals surface area contributed by atoms with Crippen molar-refractivity contribution in [2.45, 2.75) is 193 Å². The zero-order chi connectivity index (χ0) is 64.3. The molecule has 5 rings (SSSR count). The monoisotopic (exact) mass is 1220 g/mol. The zero-order valence-corrected chi connectivity index (χ0v) is 51.1. The highest BCUT2D eigenvalue weighted by atomic mass is 16.6. The highest BCUT2D eigenvalue weighted by Gasteiger charge is 2.40. The van der Waals surface area contributed by atoms with Crippen molar-refractivity contribution < 1.29 is 88.4 Å². The number of imide groups is 1. The molecule has 4 aliphatic rings. The number of carbonyl (C=O) groups is 6. The van der Waals surface area contributed by atoms with Gasteiger partial charge in [-0.25, -0.2) is 63.0 Å². The maximum atomic E-state index is 12.6. The van der Waals surface area contributed by atoms with Crippen LogP contribution in [0.4, 0.5) is 9.59 Å². The van der Waals surface area contributed by atoms with Gasteiger partial charge < -0.3 is 55.9 Å². The lowest BCUT2D eigenvalue weighted by Gasteiger charge is -2.46. The van der Waals surface area contributed by atoms with Crippen LogP contribution in [-0.4, -0.2) is 179 Å². The summed E-state index contributed by atoms with van der Waals surface area (Å²) < 4.78 is 8.33. The van der Waals surface area contributed by atoms with Crippen LogP contribution >= 0.6 is 0 Å². The fourth-order valence-electron chi connectivity index (χ4n) is 9.54. The number of urea groups is 2. The molecule has 0 spiro atoms. The largest absolute Gasteiger partial charge is 0.396 e. The number of benzene rings is 1. The van der Waals surface area contributed by atoms with Gasteiger partial charge in [0.1, 0.15) is 0 Å². The van der Waals surface area contributed by atoms with E-state index >= 15 is 0 Å². The lowest BCUT2D eigenvalue weighted by atomic mass is 9.60. The van der Waals surface area contributed by atoms with Crippen molar-refractivity contribution in [3.8, 4) is 0 Å². The fraction of sp³-hybridized carbons (Fsp3) is 0.726. The number of nitrogens with one attached hydrogen (secondary N) is 2. The second-order valence-electron chi connectivity index (χ2n) is 22.1. The van der Waals surface area contributed by atoms with E-state index in [2.05, 4.69) is 48.9 Å². The smallest absolute Gasteiger partial charge is 0.346 e. The number of esters is 4. The molecule has 9 N–H and O–H groups in total. The van der Waals surface area contributed by atoms with E-state index in [0.29, 0.717) is 68.7 Å². The number of hydrogen-bond donors (Lipinski definition) is 9. The lowest BCUT2D eigenvalue weighted by Crippen LogP contribution is -2.49. The summed E-state index contributed by atoms with van der Waals surface area (Å²) in [4.78, 5) is 109. The zero-order valence-electron chi connectivity index (χ0n) is 51.1. The average Bonchev–Trinajstić information content (AvgIpc) is 2.23. The fourth-order valence-corrected chi connectivity index (χ4v) is 9.54. The number of fused-ring (bicyclic) bond motifs is 1. The number of isocyanates is 3. The van der Waals surface area contributed by atoms with E-state index in [9.17, 15) is 53.4 Å². The number of nitrogens with zero attached hydrogens (tertiary/aromatic N) is 4. The van der Waals surface area contributed by atoms with Gasteiger partial charge in [-0.15, -0.1) is 0 Å². The third-order valence-electron chi connectivity index (χ3n) is 15.5. The molecule has 2 fully saturated rings. The molecule has 0 unspecified atom stereocenters. The quantitative estimate of drug-likeness (QED) is 0.0115. The number of aliphatic hydroxyl groups is 7. The minimum atomic E-state index is -0.667. The van der Waals surface area contributed by atoms with Crippen LogP contribution in [-0.2, 0) is 33.4 Å². The summed E-state index contributed by atoms with van der Waals surface area (Å²) in [5, 5.41) is 67.4. The lowest BCUT2D eigenvalue weighted by molar-refractivity contribution is -0.150. The van der Waals surface area contributed by atoms with Crippen LogP contribution in [0.2, 0.25) is 0 Å². The van der Waals surface area contributed by atoms with Gasteiger partial charge in [0.2, 0.25) is 18.2 Å². The van der Waals surface area contributed by atoms with Crippen molar-refractivity contribution in [3.05, 3.63) is 47.5 Å². The molecule has 4 amide bonds. The first kappa shape index (κ1) is 79.8. The first-order chi connectivity index (χ1) is 41.4. The molecule has 24 nitrogen and oxygen atoms in total. The molecule has 2 aliphatic carbocycles. The number of aliphatic hydroxyl groups excluding tert-OH is 7. The van der Waals surface area contributed by atoms with Crippen LogP contribution in [0.15, 0.2) is 51.4 Å². The molecule has 0 aromatic heterocycles. The molecule has 1 aromatic carbocycles. The van der Waals surface area contributed by atoms with Gasteiger partial charge in [-0.05, 0) is 139 Å². The normalized spacial score (nSPS) is 17.3. The Kier molecular flexibility index (Phi) is 47.3. The third-order valence-corrected chi connectivity index (χ3v) is 15.5. The Morgan fingerprint density at radius 3 is 1.19 bits per heavy atom. The van der Waals surface area contributed by atoms with Gasteiger partial charge in [-0.2, -0.15) is 0 Å². The molecule has 24 heteroatoms. The van der Waals surface area contributed by atoms with Crippen molar-refractivity contribution in [1.82, 2.24) is 15.5 Å². The second kappa shape index (κ2) is 50.9. The SMILES string of the molecule is CC(C)(C1CCC(O)CC1)C1CCC(O)CC1.CCC(CO)(CO)CO.O=C1C=CC(=O)O1.O=C1OC(=O)c2ccccc21.O=C=NCCCCCCNC(=O)N(CCCCCCN=C=O)C(=O)NCCCCCCN=C=O.OCCCCCCO. The van der Waals surface area contributed by atoms with Gasteiger partial charge in [0.05, 0.1) is 62.8 Å². The van der Waals surface area contributed by atoms with E-state index in [1.54, 1.807) is 24.3 Å². The number of carbonyl (C=O) groups excluding carboxylic acids is 9. The van der Waals surface area contributed by atoms with Crippen LogP contribution < -0.4 is 10.6 Å². The maximum absolute atomic E-state index is 12.6. The van der Waals surface area contributed by atoms with Crippen molar-refractivity contribution in [1.29, 1.82) is 0 Å². The molecule has 0 atom stereocenters. The molecular formula is C62H100N6O18. The van der Waals surface area contributed by atoms with E-state index < -0.39 is 41.4 Å². The van der Waals surface area contributed by atoms with Gasteiger partial charge in [-0.1, -0.05) is 84.3 Å². The molecule has 2 aliphatic heterocycles. The number of hydrogen-bond acceptors (Lipinski definition) is 21. The molecule has 1 aromatic rings. The summed E-state index contributed by atoms with van der Waals surface area (Å²) in [6.07, 6.45) is 29.6. The van der Waals surface area contributed by atoms with Crippen LogP contribution in [0.25, 0.3) is 0 Å². The highest BCUT2D eigenvalue weighted by Crippen LogP contribution is 2.48. The first-order valence-corrected chi connectivity index (χ1v) is 30.5. The number of cyclic esters (lactones) is 4. The van der Waals surface area contributed by atoms with E-state index in [1.807, 2.05) is 6.92 Å². The molecule has 486 valence electrons. The first-order valence-electron chi connectivity index (χ1n) is 30.5.